The van der Waals surface area contributed by atoms with Gasteiger partial charge in [0.05, 0.1) is 0 Å². The van der Waals surface area contributed by atoms with Crippen LogP contribution in [-0.2, 0) is 0 Å². The zero-order valence-electron chi connectivity index (χ0n) is 12.7. The number of hydrogen-bond acceptors (Lipinski definition) is 3. The van der Waals surface area contributed by atoms with E-state index in [1.807, 2.05) is 24.3 Å². The first-order valence-corrected chi connectivity index (χ1v) is 8.17. The minimum atomic E-state index is 0.201. The summed E-state index contributed by atoms with van der Waals surface area (Å²) in [5.74, 6) is 0.930. The topological polar surface area (TPSA) is 24.5 Å². The molecule has 0 aliphatic carbocycles. The van der Waals surface area contributed by atoms with Gasteiger partial charge < -0.3 is 10.1 Å². The molecule has 1 atom stereocenters. The van der Waals surface area contributed by atoms with E-state index < -0.39 is 0 Å². The van der Waals surface area contributed by atoms with Crippen LogP contribution in [-0.4, -0.2) is 42.7 Å². The van der Waals surface area contributed by atoms with Gasteiger partial charge in [0, 0.05) is 35.7 Å². The Balaban J connectivity index is 1.85. The number of piperazine rings is 1. The average Bonchev–Trinajstić information content (AvgIpc) is 2.41. The first kappa shape index (κ1) is 15.8. The molecule has 4 heteroatoms. The van der Waals surface area contributed by atoms with Crippen LogP contribution in [0, 0.1) is 0 Å². The Hall–Kier alpha value is -0.580. The highest BCUT2D eigenvalue weighted by molar-refractivity contribution is 9.10. The van der Waals surface area contributed by atoms with Gasteiger partial charge >= 0.3 is 0 Å². The number of nitrogens with zero attached hydrogens (tertiary/aromatic N) is 1. The van der Waals surface area contributed by atoms with Gasteiger partial charge in [-0.1, -0.05) is 28.9 Å². The number of hydrogen-bond donors (Lipinski definition) is 1. The number of benzene rings is 1. The van der Waals surface area contributed by atoms with Crippen molar-refractivity contribution in [3.63, 3.8) is 0 Å². The van der Waals surface area contributed by atoms with E-state index in [1.165, 1.54) is 6.42 Å². The normalized spacial score (nSPS) is 22.7. The van der Waals surface area contributed by atoms with E-state index in [-0.39, 0.29) is 5.54 Å². The highest BCUT2D eigenvalue weighted by Gasteiger charge is 2.32. The lowest BCUT2D eigenvalue weighted by Crippen LogP contribution is -2.62. The van der Waals surface area contributed by atoms with Crippen LogP contribution in [0.25, 0.3) is 0 Å². The number of ether oxygens (including phenoxy) is 1. The van der Waals surface area contributed by atoms with Gasteiger partial charge in [0.25, 0.3) is 0 Å². The Morgan fingerprint density at radius 3 is 2.95 bits per heavy atom. The fourth-order valence-electron chi connectivity index (χ4n) is 2.58. The van der Waals surface area contributed by atoms with Gasteiger partial charge in [0.2, 0.25) is 0 Å². The molecule has 0 spiro atoms. The van der Waals surface area contributed by atoms with Crippen LogP contribution in [0.15, 0.2) is 28.7 Å². The zero-order valence-corrected chi connectivity index (χ0v) is 14.2. The van der Waals surface area contributed by atoms with E-state index >= 15 is 0 Å². The molecule has 1 aromatic carbocycles. The van der Waals surface area contributed by atoms with E-state index in [2.05, 4.69) is 46.9 Å². The molecular weight excluding hydrogens is 316 g/mol. The molecule has 0 radical (unpaired) electrons. The third-order valence-corrected chi connectivity index (χ3v) is 4.53. The molecule has 0 amide bonds. The Labute approximate surface area is 130 Å². The molecule has 2 rings (SSSR count). The molecule has 1 aromatic rings. The largest absolute Gasteiger partial charge is 0.492 e. The summed E-state index contributed by atoms with van der Waals surface area (Å²) in [7, 11) is 0. The fraction of sp³-hybridized carbons (Fsp3) is 0.625. The summed E-state index contributed by atoms with van der Waals surface area (Å²) in [5.41, 5.74) is 0.201. The van der Waals surface area contributed by atoms with E-state index in [9.17, 15) is 0 Å². The lowest BCUT2D eigenvalue weighted by molar-refractivity contribution is 0.0521. The van der Waals surface area contributed by atoms with Gasteiger partial charge in [-0.05, 0) is 38.5 Å². The molecule has 1 aliphatic heterocycles. The van der Waals surface area contributed by atoms with Crippen LogP contribution < -0.4 is 10.1 Å². The van der Waals surface area contributed by atoms with Crippen molar-refractivity contribution in [3.8, 4) is 5.75 Å². The predicted molar refractivity (Wildman–Crippen MR) is 87.4 cm³/mol. The summed E-state index contributed by atoms with van der Waals surface area (Å²) < 4.78 is 6.92. The second kappa shape index (κ2) is 6.92. The Morgan fingerprint density at radius 2 is 2.25 bits per heavy atom. The number of halogens is 1. The summed E-state index contributed by atoms with van der Waals surface area (Å²) in [5, 5.41) is 3.62. The standard InChI is InChI=1S/C16H25BrN2O/c1-4-14-11-19(16(2,3)12-18-14)8-9-20-15-7-5-6-13(17)10-15/h5-7,10,14,18H,4,8-9,11-12H2,1-3H3. The molecule has 1 unspecified atom stereocenters. The van der Waals surface area contributed by atoms with E-state index in [1.54, 1.807) is 0 Å². The first-order valence-electron chi connectivity index (χ1n) is 7.38. The smallest absolute Gasteiger partial charge is 0.120 e. The van der Waals surface area contributed by atoms with Crippen molar-refractivity contribution in [3.05, 3.63) is 28.7 Å². The van der Waals surface area contributed by atoms with Gasteiger partial charge in [-0.15, -0.1) is 0 Å². The maximum absolute atomic E-state index is 5.86. The number of rotatable bonds is 5. The van der Waals surface area contributed by atoms with Gasteiger partial charge in [0.15, 0.2) is 0 Å². The molecule has 1 saturated heterocycles. The molecule has 0 saturated carbocycles. The Kier molecular flexibility index (Phi) is 5.47. The van der Waals surface area contributed by atoms with Crippen LogP contribution in [0.4, 0.5) is 0 Å². The molecule has 0 bridgehead atoms. The van der Waals surface area contributed by atoms with Crippen molar-refractivity contribution in [2.75, 3.05) is 26.2 Å². The van der Waals surface area contributed by atoms with Crippen LogP contribution in [0.1, 0.15) is 27.2 Å². The molecule has 1 N–H and O–H groups in total. The van der Waals surface area contributed by atoms with E-state index in [0.29, 0.717) is 6.04 Å². The quantitative estimate of drug-likeness (QED) is 0.889. The highest BCUT2D eigenvalue weighted by Crippen LogP contribution is 2.20. The van der Waals surface area contributed by atoms with Crippen molar-refractivity contribution in [1.82, 2.24) is 10.2 Å². The first-order chi connectivity index (χ1) is 9.51. The summed E-state index contributed by atoms with van der Waals surface area (Å²) >= 11 is 3.47. The number of nitrogens with one attached hydrogen (secondary N) is 1. The maximum Gasteiger partial charge on any atom is 0.120 e. The molecule has 1 aliphatic rings. The molecule has 1 fully saturated rings. The molecular formula is C16H25BrN2O. The molecule has 112 valence electrons. The Bertz CT molecular complexity index is 436. The van der Waals surface area contributed by atoms with Crippen LogP contribution >= 0.6 is 15.9 Å². The minimum absolute atomic E-state index is 0.201. The lowest BCUT2D eigenvalue weighted by atomic mass is 9.96. The van der Waals surface area contributed by atoms with E-state index in [0.717, 1.165) is 36.5 Å². The second-order valence-corrected chi connectivity index (χ2v) is 6.97. The SMILES string of the molecule is CCC1CN(CCOc2cccc(Br)c2)C(C)(C)CN1. The van der Waals surface area contributed by atoms with Crippen LogP contribution in [0.3, 0.4) is 0 Å². The van der Waals surface area contributed by atoms with Gasteiger partial charge in [-0.2, -0.15) is 0 Å². The second-order valence-electron chi connectivity index (χ2n) is 6.05. The molecule has 1 heterocycles. The van der Waals surface area contributed by atoms with Crippen molar-refractivity contribution in [2.45, 2.75) is 38.8 Å². The van der Waals surface area contributed by atoms with Gasteiger partial charge in [-0.25, -0.2) is 0 Å². The summed E-state index contributed by atoms with van der Waals surface area (Å²) in [4.78, 5) is 2.54. The summed E-state index contributed by atoms with van der Waals surface area (Å²) in [6, 6.07) is 8.63. The summed E-state index contributed by atoms with van der Waals surface area (Å²) in [6.45, 7) is 10.7. The monoisotopic (exact) mass is 340 g/mol. The van der Waals surface area contributed by atoms with Crippen molar-refractivity contribution < 1.29 is 4.74 Å². The van der Waals surface area contributed by atoms with Gasteiger partial charge in [-0.3, -0.25) is 4.90 Å². The fourth-order valence-corrected chi connectivity index (χ4v) is 2.96. The third-order valence-electron chi connectivity index (χ3n) is 4.04. The highest BCUT2D eigenvalue weighted by atomic mass is 79.9. The van der Waals surface area contributed by atoms with Crippen molar-refractivity contribution >= 4 is 15.9 Å². The zero-order chi connectivity index (χ0) is 14.6. The Morgan fingerprint density at radius 1 is 1.45 bits per heavy atom. The maximum atomic E-state index is 5.86. The van der Waals surface area contributed by atoms with Crippen LogP contribution in [0.2, 0.25) is 0 Å². The lowest BCUT2D eigenvalue weighted by Gasteiger charge is -2.46. The van der Waals surface area contributed by atoms with E-state index in [4.69, 9.17) is 4.74 Å². The van der Waals surface area contributed by atoms with Crippen LogP contribution in [0.5, 0.6) is 5.75 Å². The molecule has 20 heavy (non-hydrogen) atoms. The predicted octanol–water partition coefficient (Wildman–Crippen LogP) is 3.29. The minimum Gasteiger partial charge on any atom is -0.492 e. The summed E-state index contributed by atoms with van der Waals surface area (Å²) in [6.07, 6.45) is 1.18. The van der Waals surface area contributed by atoms with Gasteiger partial charge in [0.1, 0.15) is 12.4 Å². The molecule has 0 aromatic heterocycles. The third kappa shape index (κ3) is 4.21. The van der Waals surface area contributed by atoms with Crippen molar-refractivity contribution in [2.24, 2.45) is 0 Å². The molecule has 3 nitrogen and oxygen atoms in total. The van der Waals surface area contributed by atoms with Crippen molar-refractivity contribution in [1.29, 1.82) is 0 Å². The average molecular weight is 341 g/mol.